The van der Waals surface area contributed by atoms with E-state index < -0.39 is 5.82 Å². The van der Waals surface area contributed by atoms with Crippen molar-refractivity contribution in [2.75, 3.05) is 0 Å². The summed E-state index contributed by atoms with van der Waals surface area (Å²) in [5.74, 6) is -0.722. The van der Waals surface area contributed by atoms with Gasteiger partial charge in [0.15, 0.2) is 5.78 Å². The molecule has 0 spiro atoms. The molecule has 1 aromatic rings. The standard InChI is InChI=1S/C11H9Cl2FO/c12-7-4-8(10(13)9(14)5-7)11(15)6-2-1-3-6/h4-6H,1-3H2. The van der Waals surface area contributed by atoms with Crippen LogP contribution in [0, 0.1) is 11.7 Å². The SMILES string of the molecule is O=C(c1cc(Cl)cc(F)c1Cl)C1CCC1. The number of hydrogen-bond acceptors (Lipinski definition) is 1. The van der Waals surface area contributed by atoms with Crippen LogP contribution >= 0.6 is 23.2 Å². The monoisotopic (exact) mass is 246 g/mol. The van der Waals surface area contributed by atoms with Crippen LogP contribution in [0.2, 0.25) is 10.0 Å². The molecule has 2 rings (SSSR count). The Labute approximate surface area is 97.2 Å². The molecule has 0 radical (unpaired) electrons. The average molecular weight is 247 g/mol. The van der Waals surface area contributed by atoms with E-state index in [4.69, 9.17) is 23.2 Å². The summed E-state index contributed by atoms with van der Waals surface area (Å²) in [5, 5.41) is 0.0934. The molecule has 0 heterocycles. The zero-order valence-electron chi connectivity index (χ0n) is 7.90. The van der Waals surface area contributed by atoms with Crippen molar-refractivity contribution in [1.82, 2.24) is 0 Å². The van der Waals surface area contributed by atoms with Crippen LogP contribution in [0.3, 0.4) is 0 Å². The van der Waals surface area contributed by atoms with Gasteiger partial charge < -0.3 is 0 Å². The Hall–Kier alpha value is -0.600. The molecule has 1 aromatic carbocycles. The predicted octanol–water partition coefficient (Wildman–Crippen LogP) is 4.12. The maximum atomic E-state index is 13.2. The van der Waals surface area contributed by atoms with Gasteiger partial charge in [0.2, 0.25) is 0 Å². The molecule has 80 valence electrons. The van der Waals surface area contributed by atoms with Crippen molar-refractivity contribution in [2.45, 2.75) is 19.3 Å². The van der Waals surface area contributed by atoms with E-state index in [1.54, 1.807) is 0 Å². The summed E-state index contributed by atoms with van der Waals surface area (Å²) in [5.41, 5.74) is 0.214. The van der Waals surface area contributed by atoms with Crippen molar-refractivity contribution in [2.24, 2.45) is 5.92 Å². The summed E-state index contributed by atoms with van der Waals surface area (Å²) in [7, 11) is 0. The lowest BCUT2D eigenvalue weighted by molar-refractivity contribution is 0.0855. The van der Waals surface area contributed by atoms with Gasteiger partial charge in [-0.2, -0.15) is 0 Å². The Morgan fingerprint density at radius 2 is 2.00 bits per heavy atom. The van der Waals surface area contributed by atoms with Gasteiger partial charge in [0.05, 0.1) is 5.02 Å². The van der Waals surface area contributed by atoms with Crippen LogP contribution in [0.1, 0.15) is 29.6 Å². The second-order valence-electron chi connectivity index (χ2n) is 3.74. The van der Waals surface area contributed by atoms with Crippen molar-refractivity contribution in [3.63, 3.8) is 0 Å². The molecule has 15 heavy (non-hydrogen) atoms. The van der Waals surface area contributed by atoms with Gasteiger partial charge in [0, 0.05) is 16.5 Å². The second kappa shape index (κ2) is 4.11. The third-order valence-electron chi connectivity index (χ3n) is 2.73. The maximum absolute atomic E-state index is 13.2. The molecule has 0 saturated heterocycles. The highest BCUT2D eigenvalue weighted by atomic mass is 35.5. The third-order valence-corrected chi connectivity index (χ3v) is 3.34. The molecule has 1 saturated carbocycles. The summed E-state index contributed by atoms with van der Waals surface area (Å²) in [6.45, 7) is 0. The number of Topliss-reactive ketones (excluding diaryl/α,β-unsaturated/α-hetero) is 1. The number of rotatable bonds is 2. The fourth-order valence-electron chi connectivity index (χ4n) is 1.63. The Bertz CT molecular complexity index is 413. The quantitative estimate of drug-likeness (QED) is 0.567. The Kier molecular flexibility index (Phi) is 2.98. The first-order chi connectivity index (χ1) is 7.09. The fourth-order valence-corrected chi connectivity index (χ4v) is 2.03. The normalized spacial score (nSPS) is 16.2. The first-order valence-electron chi connectivity index (χ1n) is 4.78. The summed E-state index contributed by atoms with van der Waals surface area (Å²) in [6.07, 6.45) is 2.78. The van der Waals surface area contributed by atoms with Crippen LogP contribution in [0.4, 0.5) is 4.39 Å². The molecule has 1 aliphatic rings. The molecule has 1 nitrogen and oxygen atoms in total. The van der Waals surface area contributed by atoms with Gasteiger partial charge in [-0.3, -0.25) is 4.79 Å². The van der Waals surface area contributed by atoms with Gasteiger partial charge in [0.1, 0.15) is 5.82 Å². The van der Waals surface area contributed by atoms with Crippen LogP contribution in [0.25, 0.3) is 0 Å². The van der Waals surface area contributed by atoms with E-state index in [1.165, 1.54) is 6.07 Å². The first kappa shape index (κ1) is 10.9. The molecular formula is C11H9Cl2FO. The minimum atomic E-state index is -0.633. The van der Waals surface area contributed by atoms with Gasteiger partial charge >= 0.3 is 0 Å². The highest BCUT2D eigenvalue weighted by molar-refractivity contribution is 6.36. The molecule has 4 heteroatoms. The Balaban J connectivity index is 2.38. The van der Waals surface area contributed by atoms with Crippen molar-refractivity contribution >= 4 is 29.0 Å². The molecule has 1 aliphatic carbocycles. The zero-order valence-corrected chi connectivity index (χ0v) is 9.41. The molecule has 0 atom stereocenters. The molecular weight excluding hydrogens is 238 g/mol. The van der Waals surface area contributed by atoms with Gasteiger partial charge in [0.25, 0.3) is 0 Å². The molecule has 0 aliphatic heterocycles. The lowest BCUT2D eigenvalue weighted by atomic mass is 9.80. The van der Waals surface area contributed by atoms with Crippen LogP contribution in [0.5, 0.6) is 0 Å². The number of halogens is 3. The maximum Gasteiger partial charge on any atom is 0.167 e. The molecule has 1 fully saturated rings. The zero-order chi connectivity index (χ0) is 11.0. The first-order valence-corrected chi connectivity index (χ1v) is 5.54. The number of ketones is 1. The molecule has 0 unspecified atom stereocenters. The van der Waals surface area contributed by atoms with Crippen LogP contribution in [-0.4, -0.2) is 5.78 Å². The lowest BCUT2D eigenvalue weighted by Gasteiger charge is -2.24. The van der Waals surface area contributed by atoms with Gasteiger partial charge in [-0.15, -0.1) is 0 Å². The second-order valence-corrected chi connectivity index (χ2v) is 4.56. The van der Waals surface area contributed by atoms with E-state index in [1.807, 2.05) is 0 Å². The van der Waals surface area contributed by atoms with Gasteiger partial charge in [-0.1, -0.05) is 29.6 Å². The van der Waals surface area contributed by atoms with Crippen molar-refractivity contribution < 1.29 is 9.18 Å². The van der Waals surface area contributed by atoms with Gasteiger partial charge in [-0.25, -0.2) is 4.39 Å². The van der Waals surface area contributed by atoms with E-state index in [2.05, 4.69) is 0 Å². The van der Waals surface area contributed by atoms with Crippen molar-refractivity contribution in [1.29, 1.82) is 0 Å². The van der Waals surface area contributed by atoms with E-state index in [0.29, 0.717) is 0 Å². The van der Waals surface area contributed by atoms with E-state index >= 15 is 0 Å². The lowest BCUT2D eigenvalue weighted by Crippen LogP contribution is -2.22. The van der Waals surface area contributed by atoms with Crippen molar-refractivity contribution in [3.8, 4) is 0 Å². The summed E-state index contributed by atoms with van der Waals surface area (Å²) in [4.78, 5) is 11.8. The number of carbonyl (C=O) groups is 1. The molecule has 0 N–H and O–H groups in total. The number of carbonyl (C=O) groups excluding carboxylic acids is 1. The number of benzene rings is 1. The topological polar surface area (TPSA) is 17.1 Å². The van der Waals surface area contributed by atoms with Crippen molar-refractivity contribution in [3.05, 3.63) is 33.6 Å². The van der Waals surface area contributed by atoms with E-state index in [0.717, 1.165) is 25.3 Å². The predicted molar refractivity (Wildman–Crippen MR) is 58.1 cm³/mol. The molecule has 0 amide bonds. The van der Waals surface area contributed by atoms with E-state index in [-0.39, 0.29) is 27.3 Å². The number of hydrogen-bond donors (Lipinski definition) is 0. The molecule has 0 aromatic heterocycles. The Morgan fingerprint density at radius 1 is 1.33 bits per heavy atom. The smallest absolute Gasteiger partial charge is 0.167 e. The summed E-state index contributed by atoms with van der Waals surface area (Å²) in [6, 6.07) is 2.55. The summed E-state index contributed by atoms with van der Waals surface area (Å²) >= 11 is 11.4. The average Bonchev–Trinajstić information content (AvgIpc) is 2.08. The third kappa shape index (κ3) is 2.01. The highest BCUT2D eigenvalue weighted by Crippen LogP contribution is 2.33. The largest absolute Gasteiger partial charge is 0.294 e. The fraction of sp³-hybridized carbons (Fsp3) is 0.364. The minimum absolute atomic E-state index is 0.000340. The minimum Gasteiger partial charge on any atom is -0.294 e. The van der Waals surface area contributed by atoms with Crippen LogP contribution in [0.15, 0.2) is 12.1 Å². The van der Waals surface area contributed by atoms with E-state index in [9.17, 15) is 9.18 Å². The molecule has 0 bridgehead atoms. The van der Waals surface area contributed by atoms with Crippen LogP contribution in [-0.2, 0) is 0 Å². The summed E-state index contributed by atoms with van der Waals surface area (Å²) < 4.78 is 13.2. The van der Waals surface area contributed by atoms with Gasteiger partial charge in [-0.05, 0) is 25.0 Å². The van der Waals surface area contributed by atoms with Crippen LogP contribution < -0.4 is 0 Å². The highest BCUT2D eigenvalue weighted by Gasteiger charge is 2.28. The Morgan fingerprint density at radius 3 is 2.53 bits per heavy atom.